The third-order valence-electron chi connectivity index (χ3n) is 7.21. The molecule has 0 spiro atoms. The van der Waals surface area contributed by atoms with E-state index in [2.05, 4.69) is 41.9 Å². The lowest BCUT2D eigenvalue weighted by Gasteiger charge is -2.14. The van der Waals surface area contributed by atoms with Crippen LogP contribution in [0.3, 0.4) is 0 Å². The van der Waals surface area contributed by atoms with Crippen LogP contribution in [0.5, 0.6) is 0 Å². The van der Waals surface area contributed by atoms with Crippen molar-refractivity contribution >= 4 is 36.0 Å². The first-order valence-electron chi connectivity index (χ1n) is 17.3. The number of nitrogens with two attached hydrogens (primary N) is 1. The molecule has 0 aromatic heterocycles. The Morgan fingerprint density at radius 3 is 2.04 bits per heavy atom. The molecule has 0 rings (SSSR count). The van der Waals surface area contributed by atoms with E-state index in [0.717, 1.165) is 38.5 Å². The number of aldehydes is 1. The second-order valence-electron chi connectivity index (χ2n) is 11.6. The molecule has 0 bridgehead atoms. The van der Waals surface area contributed by atoms with E-state index in [0.29, 0.717) is 32.1 Å². The summed E-state index contributed by atoms with van der Waals surface area (Å²) in [6.07, 6.45) is 23.6. The lowest BCUT2D eigenvalue weighted by atomic mass is 10.1. The van der Waals surface area contributed by atoms with Gasteiger partial charge < -0.3 is 35.7 Å². The van der Waals surface area contributed by atoms with Crippen LogP contribution in [0.4, 0.5) is 0 Å². The van der Waals surface area contributed by atoms with Gasteiger partial charge in [0, 0.05) is 19.4 Å². The highest BCUT2D eigenvalue weighted by Gasteiger charge is 2.18. The molecular formula is C35H59N3O9. The number of ether oxygens (including phenoxy) is 2. The smallest absolute Gasteiger partial charge is 0.326 e. The van der Waals surface area contributed by atoms with Crippen LogP contribution in [-0.4, -0.2) is 73.0 Å². The van der Waals surface area contributed by atoms with E-state index in [-0.39, 0.29) is 44.8 Å². The topological polar surface area (TPSA) is 191 Å². The van der Waals surface area contributed by atoms with E-state index >= 15 is 0 Å². The maximum atomic E-state index is 12.1. The average molecular weight is 666 g/mol. The fourth-order valence-electron chi connectivity index (χ4n) is 4.39. The van der Waals surface area contributed by atoms with Crippen molar-refractivity contribution in [1.29, 1.82) is 0 Å². The summed E-state index contributed by atoms with van der Waals surface area (Å²) < 4.78 is 10.2. The molecule has 0 saturated carbocycles. The Morgan fingerprint density at radius 1 is 0.745 bits per heavy atom. The van der Waals surface area contributed by atoms with Gasteiger partial charge in [-0.15, -0.1) is 0 Å². The lowest BCUT2D eigenvalue weighted by molar-refractivity contribution is -0.152. The number of carbonyl (C=O) groups excluding carboxylic acids is 5. The number of allylic oxidation sites excluding steroid dienone is 4. The summed E-state index contributed by atoms with van der Waals surface area (Å²) in [5.74, 6) is -3.25. The molecular weight excluding hydrogens is 606 g/mol. The van der Waals surface area contributed by atoms with Crippen molar-refractivity contribution in [2.45, 2.75) is 141 Å². The van der Waals surface area contributed by atoms with E-state index < -0.39 is 35.9 Å². The predicted octanol–water partition coefficient (Wildman–Crippen LogP) is 4.83. The molecule has 5 N–H and O–H groups in total. The Labute approximate surface area is 280 Å². The monoisotopic (exact) mass is 665 g/mol. The molecule has 0 radical (unpaired) electrons. The lowest BCUT2D eigenvalue weighted by Crippen LogP contribution is -2.38. The largest absolute Gasteiger partial charge is 0.481 e. The number of hydrogen-bond acceptors (Lipinski definition) is 9. The number of nitrogens with one attached hydrogen (secondary N) is 2. The summed E-state index contributed by atoms with van der Waals surface area (Å²) in [4.78, 5) is 69.4. The number of amides is 2. The highest BCUT2D eigenvalue weighted by molar-refractivity contribution is 5.83. The Bertz CT molecular complexity index is 953. The van der Waals surface area contributed by atoms with Crippen molar-refractivity contribution in [2.24, 2.45) is 5.73 Å². The van der Waals surface area contributed by atoms with Gasteiger partial charge in [-0.3, -0.25) is 24.0 Å². The minimum atomic E-state index is -1.11. The fourth-order valence-corrected chi connectivity index (χ4v) is 4.39. The molecule has 268 valence electrons. The molecule has 47 heavy (non-hydrogen) atoms. The molecule has 0 fully saturated rings. The van der Waals surface area contributed by atoms with Gasteiger partial charge in [0.25, 0.3) is 0 Å². The van der Waals surface area contributed by atoms with Crippen molar-refractivity contribution in [1.82, 2.24) is 10.6 Å². The third-order valence-corrected chi connectivity index (χ3v) is 7.21. The Kier molecular flexibility index (Phi) is 28.7. The third kappa shape index (κ3) is 29.6. The Morgan fingerprint density at radius 2 is 1.38 bits per heavy atom. The van der Waals surface area contributed by atoms with Gasteiger partial charge in [0.1, 0.15) is 18.9 Å². The molecule has 2 amide bonds. The minimum absolute atomic E-state index is 0.0992. The molecule has 0 aliphatic heterocycles. The average Bonchev–Trinajstić information content (AvgIpc) is 3.05. The van der Waals surface area contributed by atoms with Crippen molar-refractivity contribution in [3.05, 3.63) is 24.3 Å². The molecule has 0 aliphatic carbocycles. The van der Waals surface area contributed by atoms with Crippen LogP contribution >= 0.6 is 0 Å². The summed E-state index contributed by atoms with van der Waals surface area (Å²) >= 11 is 0. The van der Waals surface area contributed by atoms with Crippen LogP contribution in [0, 0.1) is 0 Å². The first-order chi connectivity index (χ1) is 22.7. The summed E-state index contributed by atoms with van der Waals surface area (Å²) in [6.45, 7) is 2.45. The highest BCUT2D eigenvalue weighted by atomic mass is 16.6. The summed E-state index contributed by atoms with van der Waals surface area (Å²) in [6, 6.07) is -1.85. The van der Waals surface area contributed by atoms with Crippen LogP contribution in [0.2, 0.25) is 0 Å². The number of esters is 2. The maximum absolute atomic E-state index is 12.1. The molecule has 1 unspecified atom stereocenters. The second kappa shape index (κ2) is 31.1. The summed E-state index contributed by atoms with van der Waals surface area (Å²) in [7, 11) is 0. The zero-order valence-corrected chi connectivity index (χ0v) is 28.4. The number of rotatable bonds is 31. The fraction of sp³-hybridized carbons (Fsp3) is 0.714. The van der Waals surface area contributed by atoms with Crippen molar-refractivity contribution in [3.8, 4) is 0 Å². The number of unbranched alkanes of at least 4 members (excludes halogenated alkanes) is 10. The van der Waals surface area contributed by atoms with Crippen molar-refractivity contribution < 1.29 is 43.3 Å². The van der Waals surface area contributed by atoms with E-state index in [9.17, 15) is 28.8 Å². The van der Waals surface area contributed by atoms with E-state index in [1.165, 1.54) is 38.5 Å². The minimum Gasteiger partial charge on any atom is -0.481 e. The predicted molar refractivity (Wildman–Crippen MR) is 180 cm³/mol. The number of carboxylic acid groups (broad SMARTS) is 1. The quantitative estimate of drug-likeness (QED) is 0.0345. The number of carboxylic acids is 1. The number of hydrogen-bond donors (Lipinski definition) is 4. The highest BCUT2D eigenvalue weighted by Crippen LogP contribution is 2.09. The number of aliphatic carboxylic acids is 1. The molecule has 12 nitrogen and oxygen atoms in total. The van der Waals surface area contributed by atoms with Crippen LogP contribution < -0.4 is 16.4 Å². The standard InChI is InChI=1S/C35H59N3O9/c1-2-3-4-5-6-7-8-9-10-11-12-13-14-15-16-19-26-46-35(45)30(36)28-47-34(44)24-22-32(41)38-29(27-39)20-17-18-25-37-31(40)21-23-33(42)43/h6-7,9-10,27,29-30H,2-5,8,11-26,28,36H2,1H3,(H,37,40)(H,38,41)(H,42,43)/b7-6-,10-9-/t29?,30-/m0/s1. The zero-order chi connectivity index (χ0) is 35.0. The molecule has 0 heterocycles. The zero-order valence-electron chi connectivity index (χ0n) is 28.4. The first-order valence-corrected chi connectivity index (χ1v) is 17.3. The first kappa shape index (κ1) is 43.5. The van der Waals surface area contributed by atoms with E-state index in [1.807, 2.05) is 0 Å². The van der Waals surface area contributed by atoms with Gasteiger partial charge in [-0.2, -0.15) is 0 Å². The van der Waals surface area contributed by atoms with E-state index in [4.69, 9.17) is 20.3 Å². The number of carbonyl (C=O) groups is 6. The van der Waals surface area contributed by atoms with Gasteiger partial charge in [0.05, 0.1) is 25.5 Å². The van der Waals surface area contributed by atoms with Crippen LogP contribution in [0.1, 0.15) is 129 Å². The van der Waals surface area contributed by atoms with Crippen LogP contribution in [-0.2, 0) is 38.2 Å². The SMILES string of the molecule is CCCCC/C=C\C/C=C\CCCCCCCCOC(=O)[C@@H](N)COC(=O)CCC(=O)NC(C=O)CCCCNC(=O)CCC(=O)O. The van der Waals surface area contributed by atoms with Crippen molar-refractivity contribution in [3.63, 3.8) is 0 Å². The van der Waals surface area contributed by atoms with Gasteiger partial charge in [-0.1, -0.05) is 69.8 Å². The molecule has 0 aliphatic rings. The Hall–Kier alpha value is -3.54. The normalized spacial score (nSPS) is 12.5. The summed E-state index contributed by atoms with van der Waals surface area (Å²) in [5.41, 5.74) is 5.76. The van der Waals surface area contributed by atoms with Crippen LogP contribution in [0.15, 0.2) is 24.3 Å². The van der Waals surface area contributed by atoms with E-state index in [1.54, 1.807) is 0 Å². The second-order valence-corrected chi connectivity index (χ2v) is 11.6. The Balaban J connectivity index is 3.81. The molecule has 0 aromatic carbocycles. The molecule has 0 saturated heterocycles. The van der Waals surface area contributed by atoms with Gasteiger partial charge in [0.15, 0.2) is 0 Å². The van der Waals surface area contributed by atoms with Crippen LogP contribution in [0.25, 0.3) is 0 Å². The summed E-state index contributed by atoms with van der Waals surface area (Å²) in [5, 5.41) is 13.7. The molecule has 0 aromatic rings. The van der Waals surface area contributed by atoms with Gasteiger partial charge in [-0.05, 0) is 57.8 Å². The van der Waals surface area contributed by atoms with Gasteiger partial charge >= 0.3 is 17.9 Å². The molecule has 12 heteroatoms. The van der Waals surface area contributed by atoms with Gasteiger partial charge in [-0.25, -0.2) is 0 Å². The van der Waals surface area contributed by atoms with Gasteiger partial charge in [0.2, 0.25) is 11.8 Å². The maximum Gasteiger partial charge on any atom is 0.326 e. The molecule has 2 atom stereocenters. The van der Waals surface area contributed by atoms with Crippen molar-refractivity contribution in [2.75, 3.05) is 19.8 Å².